The largest absolute Gasteiger partial charge is 0.462 e. The van der Waals surface area contributed by atoms with E-state index in [4.69, 9.17) is 9.47 Å². The molecule has 9 heteroatoms. The summed E-state index contributed by atoms with van der Waals surface area (Å²) in [5.74, 6) is -1.80. The topological polar surface area (TPSA) is 99.0 Å². The van der Waals surface area contributed by atoms with Crippen LogP contribution in [0.1, 0.15) is 39.0 Å². The smallest absolute Gasteiger partial charge is 0.359 e. The summed E-state index contributed by atoms with van der Waals surface area (Å²) in [6.07, 6.45) is 1.57. The normalized spacial score (nSPS) is 10.8. The number of hydrogen-bond donors (Lipinski definition) is 1. The molecule has 0 spiro atoms. The highest BCUT2D eigenvalue weighted by Gasteiger charge is 2.25. The van der Waals surface area contributed by atoms with E-state index in [9.17, 15) is 14.4 Å². The van der Waals surface area contributed by atoms with E-state index in [1.54, 1.807) is 23.6 Å². The lowest BCUT2D eigenvalue weighted by Gasteiger charge is -2.07. The summed E-state index contributed by atoms with van der Waals surface area (Å²) in [6.45, 7) is 5.11. The van der Waals surface area contributed by atoms with Crippen LogP contribution in [0.3, 0.4) is 0 Å². The van der Waals surface area contributed by atoms with Crippen LogP contribution in [0, 0.1) is 13.8 Å². The molecular weight excluding hydrogens is 454 g/mol. The van der Waals surface area contributed by atoms with E-state index >= 15 is 0 Å². The number of imidazole rings is 1. The van der Waals surface area contributed by atoms with Gasteiger partial charge in [0, 0.05) is 16.8 Å². The molecule has 4 aromatic rings. The molecule has 3 heterocycles. The molecule has 1 aromatic carbocycles. The van der Waals surface area contributed by atoms with E-state index in [1.165, 1.54) is 11.3 Å². The zero-order chi connectivity index (χ0) is 24.2. The van der Waals surface area contributed by atoms with Gasteiger partial charge in [0.05, 0.1) is 12.2 Å². The van der Waals surface area contributed by atoms with Gasteiger partial charge in [0.2, 0.25) is 0 Å². The maximum Gasteiger partial charge on any atom is 0.359 e. The maximum atomic E-state index is 12.6. The van der Waals surface area contributed by atoms with E-state index in [2.05, 4.69) is 10.3 Å². The van der Waals surface area contributed by atoms with Crippen molar-refractivity contribution in [3.63, 3.8) is 0 Å². The van der Waals surface area contributed by atoms with Gasteiger partial charge in [-0.3, -0.25) is 4.79 Å². The second kappa shape index (κ2) is 9.88. The van der Waals surface area contributed by atoms with Crippen LogP contribution in [0.25, 0.3) is 16.1 Å². The number of hydrogen-bond acceptors (Lipinski definition) is 7. The predicted octanol–water partition coefficient (Wildman–Crippen LogP) is 4.65. The van der Waals surface area contributed by atoms with Crippen LogP contribution in [0.5, 0.6) is 0 Å². The van der Waals surface area contributed by atoms with Gasteiger partial charge in [-0.15, -0.1) is 11.3 Å². The van der Waals surface area contributed by atoms with Crippen molar-refractivity contribution >= 4 is 39.8 Å². The first-order chi connectivity index (χ1) is 16.4. The molecule has 8 nitrogen and oxygen atoms in total. The molecule has 174 valence electrons. The highest BCUT2D eigenvalue weighted by atomic mass is 32.1. The quantitative estimate of drug-likeness (QED) is 0.389. The van der Waals surface area contributed by atoms with Crippen LogP contribution in [0.4, 0.5) is 5.00 Å². The number of nitrogens with zero attached hydrogens (tertiary/aromatic N) is 2. The monoisotopic (exact) mass is 477 g/mol. The molecule has 3 aromatic heterocycles. The number of carbonyl (C=O) groups excluding carboxylic acids is 3. The number of fused-ring (bicyclic) bond motifs is 1. The number of amides is 1. The number of aromatic nitrogens is 2. The second-order valence-corrected chi connectivity index (χ2v) is 8.51. The number of ether oxygens (including phenoxy) is 2. The third-order valence-electron chi connectivity index (χ3n) is 5.15. The molecule has 0 saturated carbocycles. The summed E-state index contributed by atoms with van der Waals surface area (Å²) in [5, 5.41) is 3.05. The SMILES string of the molecule is CCOC(=O)c1c(NC(=O)COC(=O)c2cn3c(C)cccc3n2)sc(-c2ccccc2)c1C. The van der Waals surface area contributed by atoms with Crippen molar-refractivity contribution in [2.45, 2.75) is 20.8 Å². The summed E-state index contributed by atoms with van der Waals surface area (Å²) in [4.78, 5) is 42.7. The van der Waals surface area contributed by atoms with Gasteiger partial charge in [0.1, 0.15) is 10.6 Å². The van der Waals surface area contributed by atoms with Crippen molar-refractivity contribution in [2.24, 2.45) is 0 Å². The van der Waals surface area contributed by atoms with Gasteiger partial charge >= 0.3 is 11.9 Å². The summed E-state index contributed by atoms with van der Waals surface area (Å²) >= 11 is 1.27. The molecule has 0 aliphatic rings. The van der Waals surface area contributed by atoms with Crippen molar-refractivity contribution in [3.05, 3.63) is 77.2 Å². The molecule has 0 aliphatic carbocycles. The molecule has 0 unspecified atom stereocenters. The van der Waals surface area contributed by atoms with Crippen LogP contribution < -0.4 is 5.32 Å². The van der Waals surface area contributed by atoms with Crippen molar-refractivity contribution in [2.75, 3.05) is 18.5 Å². The van der Waals surface area contributed by atoms with Gasteiger partial charge in [0.15, 0.2) is 12.3 Å². The number of esters is 2. The Kier molecular flexibility index (Phi) is 6.74. The van der Waals surface area contributed by atoms with Gasteiger partial charge in [-0.05, 0) is 44.0 Å². The van der Waals surface area contributed by atoms with Crippen LogP contribution in [0.15, 0.2) is 54.7 Å². The summed E-state index contributed by atoms with van der Waals surface area (Å²) in [5.41, 5.74) is 3.55. The molecular formula is C25H23N3O5S. The fourth-order valence-electron chi connectivity index (χ4n) is 3.53. The van der Waals surface area contributed by atoms with E-state index < -0.39 is 24.5 Å². The maximum absolute atomic E-state index is 12.6. The van der Waals surface area contributed by atoms with Crippen molar-refractivity contribution in [3.8, 4) is 10.4 Å². The molecule has 0 aliphatic heterocycles. The minimum Gasteiger partial charge on any atom is -0.462 e. The minimum atomic E-state index is -0.712. The summed E-state index contributed by atoms with van der Waals surface area (Å²) in [6, 6.07) is 15.1. The van der Waals surface area contributed by atoms with Gasteiger partial charge in [-0.25, -0.2) is 14.6 Å². The molecule has 34 heavy (non-hydrogen) atoms. The Morgan fingerprint density at radius 1 is 1.00 bits per heavy atom. The first kappa shape index (κ1) is 23.2. The van der Waals surface area contributed by atoms with Crippen LogP contribution >= 0.6 is 11.3 Å². The summed E-state index contributed by atoms with van der Waals surface area (Å²) < 4.78 is 12.1. The highest BCUT2D eigenvalue weighted by molar-refractivity contribution is 7.20. The Bertz CT molecular complexity index is 1370. The number of nitrogens with one attached hydrogen (secondary N) is 1. The highest BCUT2D eigenvalue weighted by Crippen LogP contribution is 2.40. The van der Waals surface area contributed by atoms with Gasteiger partial charge in [-0.1, -0.05) is 36.4 Å². The third-order valence-corrected chi connectivity index (χ3v) is 6.41. The van der Waals surface area contributed by atoms with Gasteiger partial charge < -0.3 is 19.2 Å². The van der Waals surface area contributed by atoms with Crippen molar-refractivity contribution < 1.29 is 23.9 Å². The Balaban J connectivity index is 1.50. The number of benzene rings is 1. The molecule has 1 amide bonds. The number of aryl methyl sites for hydroxylation is 1. The standard InChI is InChI=1S/C25H23N3O5S/c1-4-32-25(31)21-16(3)22(17-10-6-5-7-11-17)34-23(21)27-20(29)14-33-24(30)18-13-28-15(2)9-8-12-19(28)26-18/h5-13H,4,14H2,1-3H3,(H,27,29). The number of pyridine rings is 1. The van der Waals surface area contributed by atoms with E-state index in [-0.39, 0.29) is 12.3 Å². The van der Waals surface area contributed by atoms with E-state index in [0.717, 1.165) is 16.1 Å². The molecule has 0 saturated heterocycles. The van der Waals surface area contributed by atoms with Gasteiger partial charge in [-0.2, -0.15) is 0 Å². The second-order valence-electron chi connectivity index (χ2n) is 7.49. The first-order valence-electron chi connectivity index (χ1n) is 10.7. The molecule has 0 bridgehead atoms. The first-order valence-corrected chi connectivity index (χ1v) is 11.5. The lowest BCUT2D eigenvalue weighted by atomic mass is 10.1. The fourth-order valence-corrected chi connectivity index (χ4v) is 4.75. The van der Waals surface area contributed by atoms with E-state index in [1.807, 2.05) is 56.3 Å². The zero-order valence-corrected chi connectivity index (χ0v) is 19.8. The Morgan fingerprint density at radius 3 is 2.47 bits per heavy atom. The molecule has 0 atom stereocenters. The molecule has 1 N–H and O–H groups in total. The number of thiophene rings is 1. The lowest BCUT2D eigenvalue weighted by molar-refractivity contribution is -0.119. The Morgan fingerprint density at radius 2 is 1.76 bits per heavy atom. The number of carbonyl (C=O) groups is 3. The predicted molar refractivity (Wildman–Crippen MR) is 129 cm³/mol. The molecule has 4 rings (SSSR count). The molecule has 0 radical (unpaired) electrons. The van der Waals surface area contributed by atoms with Crippen LogP contribution in [-0.2, 0) is 14.3 Å². The average molecular weight is 478 g/mol. The average Bonchev–Trinajstić information content (AvgIpc) is 3.40. The number of rotatable bonds is 7. The Hall–Kier alpha value is -3.98. The fraction of sp³-hybridized carbons (Fsp3) is 0.200. The third kappa shape index (κ3) is 4.69. The van der Waals surface area contributed by atoms with Crippen LogP contribution in [0.2, 0.25) is 0 Å². The lowest BCUT2D eigenvalue weighted by Crippen LogP contribution is -2.22. The zero-order valence-electron chi connectivity index (χ0n) is 19.0. The Labute approximate surface area is 200 Å². The minimum absolute atomic E-state index is 0.104. The van der Waals surface area contributed by atoms with E-state index in [0.29, 0.717) is 21.8 Å². The van der Waals surface area contributed by atoms with Crippen molar-refractivity contribution in [1.82, 2.24) is 9.38 Å². The summed E-state index contributed by atoms with van der Waals surface area (Å²) in [7, 11) is 0. The number of anilines is 1. The van der Waals surface area contributed by atoms with Crippen LogP contribution in [-0.4, -0.2) is 40.4 Å². The van der Waals surface area contributed by atoms with Crippen molar-refractivity contribution in [1.29, 1.82) is 0 Å². The molecule has 0 fully saturated rings. The van der Waals surface area contributed by atoms with Gasteiger partial charge in [0.25, 0.3) is 5.91 Å².